The number of methoxy groups -OCH3 is 1. The predicted octanol–water partition coefficient (Wildman–Crippen LogP) is 3.44. The van der Waals surface area contributed by atoms with Gasteiger partial charge in [0.1, 0.15) is 18.1 Å². The highest BCUT2D eigenvalue weighted by Gasteiger charge is 2.09. The summed E-state index contributed by atoms with van der Waals surface area (Å²) in [6.07, 6.45) is 1.17. The summed E-state index contributed by atoms with van der Waals surface area (Å²) < 4.78 is 34.9. The minimum atomic E-state index is -3.24. The molecule has 0 atom stereocenters. The SMILES string of the molecule is COc1ccc(Br)cc1COc1cccc(S(C)(=O)=O)c1. The molecule has 2 rings (SSSR count). The van der Waals surface area contributed by atoms with Gasteiger partial charge in [0, 0.05) is 16.3 Å². The van der Waals surface area contributed by atoms with Crippen molar-refractivity contribution in [3.05, 3.63) is 52.5 Å². The van der Waals surface area contributed by atoms with Gasteiger partial charge in [-0.2, -0.15) is 0 Å². The summed E-state index contributed by atoms with van der Waals surface area (Å²) in [7, 11) is -1.65. The first-order chi connectivity index (χ1) is 9.90. The monoisotopic (exact) mass is 370 g/mol. The quantitative estimate of drug-likeness (QED) is 0.808. The smallest absolute Gasteiger partial charge is 0.175 e. The van der Waals surface area contributed by atoms with Gasteiger partial charge in [-0.15, -0.1) is 0 Å². The fourth-order valence-electron chi connectivity index (χ4n) is 1.82. The molecule has 0 aliphatic heterocycles. The Kier molecular flexibility index (Phi) is 4.90. The van der Waals surface area contributed by atoms with E-state index in [0.717, 1.165) is 15.8 Å². The molecule has 4 nitrogen and oxygen atoms in total. The van der Waals surface area contributed by atoms with E-state index in [1.807, 2.05) is 18.2 Å². The van der Waals surface area contributed by atoms with Gasteiger partial charge in [0.05, 0.1) is 12.0 Å². The van der Waals surface area contributed by atoms with Crippen molar-refractivity contribution in [3.63, 3.8) is 0 Å². The third kappa shape index (κ3) is 4.22. The van der Waals surface area contributed by atoms with Gasteiger partial charge >= 0.3 is 0 Å². The van der Waals surface area contributed by atoms with Gasteiger partial charge in [-0.1, -0.05) is 22.0 Å². The fourth-order valence-corrected chi connectivity index (χ4v) is 2.88. The molecule has 0 aliphatic carbocycles. The van der Waals surface area contributed by atoms with Crippen LogP contribution in [0.5, 0.6) is 11.5 Å². The third-order valence-electron chi connectivity index (χ3n) is 2.87. The summed E-state index contributed by atoms with van der Waals surface area (Å²) in [4.78, 5) is 0.237. The van der Waals surface area contributed by atoms with E-state index < -0.39 is 9.84 Å². The molecule has 6 heteroatoms. The summed E-state index contributed by atoms with van der Waals surface area (Å²) in [5.74, 6) is 1.22. The van der Waals surface area contributed by atoms with E-state index in [9.17, 15) is 8.42 Å². The van der Waals surface area contributed by atoms with E-state index >= 15 is 0 Å². The fraction of sp³-hybridized carbons (Fsp3) is 0.200. The topological polar surface area (TPSA) is 52.6 Å². The number of sulfone groups is 1. The van der Waals surface area contributed by atoms with Gasteiger partial charge in [-0.3, -0.25) is 0 Å². The van der Waals surface area contributed by atoms with Crippen molar-refractivity contribution in [2.24, 2.45) is 0 Å². The molecule has 0 N–H and O–H groups in total. The average molecular weight is 371 g/mol. The zero-order valence-corrected chi connectivity index (χ0v) is 14.1. The molecule has 0 fully saturated rings. The van der Waals surface area contributed by atoms with Crippen molar-refractivity contribution in [1.29, 1.82) is 0 Å². The maximum atomic E-state index is 11.5. The lowest BCUT2D eigenvalue weighted by molar-refractivity contribution is 0.296. The Hall–Kier alpha value is -1.53. The highest BCUT2D eigenvalue weighted by Crippen LogP contribution is 2.25. The summed E-state index contributed by atoms with van der Waals surface area (Å²) in [6.45, 7) is 0.288. The molecule has 0 aliphatic rings. The lowest BCUT2D eigenvalue weighted by atomic mass is 10.2. The van der Waals surface area contributed by atoms with Crippen LogP contribution >= 0.6 is 15.9 Å². The summed E-state index contributed by atoms with van der Waals surface area (Å²) >= 11 is 3.40. The molecule has 0 unspecified atom stereocenters. The van der Waals surface area contributed by atoms with Crippen molar-refractivity contribution in [2.75, 3.05) is 13.4 Å². The minimum Gasteiger partial charge on any atom is -0.496 e. The molecule has 0 amide bonds. The van der Waals surface area contributed by atoms with Crippen LogP contribution in [0.15, 0.2) is 51.8 Å². The maximum absolute atomic E-state index is 11.5. The molecule has 0 radical (unpaired) electrons. The number of hydrogen-bond acceptors (Lipinski definition) is 4. The van der Waals surface area contributed by atoms with E-state index in [2.05, 4.69) is 15.9 Å². The zero-order chi connectivity index (χ0) is 15.5. The summed E-state index contributed by atoms with van der Waals surface area (Å²) in [5.41, 5.74) is 0.872. The Morgan fingerprint density at radius 3 is 2.57 bits per heavy atom. The second-order valence-corrected chi connectivity index (χ2v) is 7.42. The molecule has 0 aromatic heterocycles. The largest absolute Gasteiger partial charge is 0.496 e. The van der Waals surface area contributed by atoms with Gasteiger partial charge in [0.25, 0.3) is 0 Å². The van der Waals surface area contributed by atoms with E-state index in [4.69, 9.17) is 9.47 Å². The van der Waals surface area contributed by atoms with Gasteiger partial charge in [-0.05, 0) is 36.4 Å². The minimum absolute atomic E-state index is 0.237. The number of benzene rings is 2. The van der Waals surface area contributed by atoms with Crippen LogP contribution in [0.3, 0.4) is 0 Å². The summed E-state index contributed by atoms with van der Waals surface area (Å²) in [5, 5.41) is 0. The van der Waals surface area contributed by atoms with E-state index in [-0.39, 0.29) is 11.5 Å². The van der Waals surface area contributed by atoms with Crippen LogP contribution in [0, 0.1) is 0 Å². The molecule has 2 aromatic rings. The zero-order valence-electron chi connectivity index (χ0n) is 11.7. The van der Waals surface area contributed by atoms with E-state index in [0.29, 0.717) is 5.75 Å². The predicted molar refractivity (Wildman–Crippen MR) is 84.6 cm³/mol. The van der Waals surface area contributed by atoms with Crippen LogP contribution in [-0.2, 0) is 16.4 Å². The maximum Gasteiger partial charge on any atom is 0.175 e. The molecule has 0 bridgehead atoms. The first-order valence-corrected chi connectivity index (χ1v) is 8.84. The molecular formula is C15H15BrO4S. The second-order valence-electron chi connectivity index (χ2n) is 4.49. The van der Waals surface area contributed by atoms with Gasteiger partial charge in [-0.25, -0.2) is 8.42 Å². The van der Waals surface area contributed by atoms with Crippen LogP contribution in [0.25, 0.3) is 0 Å². The Morgan fingerprint density at radius 2 is 1.90 bits per heavy atom. The Labute approximate surface area is 132 Å². The molecular weight excluding hydrogens is 356 g/mol. The molecule has 0 saturated carbocycles. The first-order valence-electron chi connectivity index (χ1n) is 6.15. The van der Waals surface area contributed by atoms with Crippen molar-refractivity contribution < 1.29 is 17.9 Å². The number of ether oxygens (including phenoxy) is 2. The molecule has 2 aromatic carbocycles. The van der Waals surface area contributed by atoms with Crippen molar-refractivity contribution in [1.82, 2.24) is 0 Å². The Balaban J connectivity index is 2.19. The lowest BCUT2D eigenvalue weighted by Crippen LogP contribution is -2.01. The average Bonchev–Trinajstić information content (AvgIpc) is 2.45. The number of hydrogen-bond donors (Lipinski definition) is 0. The third-order valence-corrected chi connectivity index (χ3v) is 4.47. The first kappa shape index (κ1) is 15.9. The normalized spacial score (nSPS) is 11.2. The molecule has 0 saturated heterocycles. The molecule has 0 heterocycles. The van der Waals surface area contributed by atoms with Gasteiger partial charge < -0.3 is 9.47 Å². The van der Waals surface area contributed by atoms with Gasteiger partial charge in [0.2, 0.25) is 0 Å². The van der Waals surface area contributed by atoms with E-state index in [1.165, 1.54) is 12.3 Å². The van der Waals surface area contributed by atoms with Crippen LogP contribution < -0.4 is 9.47 Å². The van der Waals surface area contributed by atoms with Crippen LogP contribution in [-0.4, -0.2) is 21.8 Å². The standard InChI is InChI=1S/C15H15BrO4S/c1-19-15-7-6-12(16)8-11(15)10-20-13-4-3-5-14(9-13)21(2,17)18/h3-9H,10H2,1-2H3. The highest BCUT2D eigenvalue weighted by molar-refractivity contribution is 9.10. The number of halogens is 1. The number of rotatable bonds is 5. The van der Waals surface area contributed by atoms with E-state index in [1.54, 1.807) is 25.3 Å². The van der Waals surface area contributed by atoms with Crippen molar-refractivity contribution >= 4 is 25.8 Å². The Bertz CT molecular complexity index is 741. The lowest BCUT2D eigenvalue weighted by Gasteiger charge is -2.11. The molecule has 21 heavy (non-hydrogen) atoms. The van der Waals surface area contributed by atoms with Crippen molar-refractivity contribution in [3.8, 4) is 11.5 Å². The van der Waals surface area contributed by atoms with Crippen molar-refractivity contribution in [2.45, 2.75) is 11.5 Å². The second kappa shape index (κ2) is 6.49. The summed E-state index contributed by atoms with van der Waals surface area (Å²) in [6, 6.07) is 12.1. The highest BCUT2D eigenvalue weighted by atomic mass is 79.9. The Morgan fingerprint density at radius 1 is 1.14 bits per heavy atom. The van der Waals surface area contributed by atoms with Gasteiger partial charge in [0.15, 0.2) is 9.84 Å². The van der Waals surface area contributed by atoms with Crippen LogP contribution in [0.1, 0.15) is 5.56 Å². The molecule has 0 spiro atoms. The molecule has 112 valence electrons. The van der Waals surface area contributed by atoms with Crippen LogP contribution in [0.4, 0.5) is 0 Å². The van der Waals surface area contributed by atoms with Crippen LogP contribution in [0.2, 0.25) is 0 Å².